The molecule has 0 heterocycles. The largest absolute Gasteiger partial charge is 0.244 e. The molecule has 1 saturated carbocycles. The summed E-state index contributed by atoms with van der Waals surface area (Å²) in [7, 11) is 0. The molecule has 0 N–H and O–H groups in total. The maximum atomic E-state index is 12.7. The Bertz CT molecular complexity index is 153. The van der Waals surface area contributed by atoms with E-state index in [1.807, 2.05) is 27.7 Å². The Morgan fingerprint density at radius 1 is 1.17 bits per heavy atom. The molecule has 2 atom stereocenters. The van der Waals surface area contributed by atoms with E-state index in [4.69, 9.17) is 0 Å². The molecule has 0 aromatic rings. The van der Waals surface area contributed by atoms with Crippen LogP contribution in [0.2, 0.25) is 0 Å². The molecule has 1 aliphatic rings. The van der Waals surface area contributed by atoms with Gasteiger partial charge in [-0.1, -0.05) is 27.7 Å². The molecule has 0 amide bonds. The van der Waals surface area contributed by atoms with E-state index in [1.165, 1.54) is 0 Å². The van der Waals surface area contributed by atoms with E-state index >= 15 is 0 Å². The lowest BCUT2D eigenvalue weighted by Crippen LogP contribution is -2.23. The number of alkyl halides is 2. The quantitative estimate of drug-likeness (QED) is 0.616. The van der Waals surface area contributed by atoms with Gasteiger partial charge in [0.1, 0.15) is 0 Å². The fraction of sp³-hybridized carbons (Fsp3) is 1.00. The van der Waals surface area contributed by atoms with Crippen LogP contribution in [-0.4, -0.2) is 6.43 Å². The van der Waals surface area contributed by atoms with Crippen LogP contribution in [0.25, 0.3) is 0 Å². The first-order valence-electron chi connectivity index (χ1n) is 4.71. The van der Waals surface area contributed by atoms with Gasteiger partial charge in [0.05, 0.1) is 0 Å². The molecule has 0 radical (unpaired) electrons. The van der Waals surface area contributed by atoms with Gasteiger partial charge >= 0.3 is 0 Å². The summed E-state index contributed by atoms with van der Waals surface area (Å²) < 4.78 is 25.5. The van der Waals surface area contributed by atoms with Crippen molar-refractivity contribution in [3.05, 3.63) is 0 Å². The van der Waals surface area contributed by atoms with Crippen LogP contribution in [-0.2, 0) is 0 Å². The summed E-state index contributed by atoms with van der Waals surface area (Å²) in [5, 5.41) is 0. The van der Waals surface area contributed by atoms with E-state index in [2.05, 4.69) is 0 Å². The van der Waals surface area contributed by atoms with Gasteiger partial charge in [-0.05, 0) is 24.2 Å². The Morgan fingerprint density at radius 3 is 1.75 bits per heavy atom. The second-order valence-corrected chi connectivity index (χ2v) is 4.62. The lowest BCUT2D eigenvalue weighted by Gasteiger charge is -2.22. The van der Waals surface area contributed by atoms with Crippen molar-refractivity contribution in [1.82, 2.24) is 0 Å². The van der Waals surface area contributed by atoms with Gasteiger partial charge in [0.15, 0.2) is 0 Å². The average molecular weight is 176 g/mol. The minimum Gasteiger partial charge on any atom is -0.210 e. The van der Waals surface area contributed by atoms with E-state index < -0.39 is 11.8 Å². The maximum Gasteiger partial charge on any atom is 0.244 e. The van der Waals surface area contributed by atoms with Gasteiger partial charge in [0.2, 0.25) is 6.43 Å². The van der Waals surface area contributed by atoms with Gasteiger partial charge in [-0.3, -0.25) is 0 Å². The summed E-state index contributed by atoms with van der Waals surface area (Å²) in [5.41, 5.74) is -0.645. The predicted octanol–water partition coefficient (Wildman–Crippen LogP) is 3.57. The smallest absolute Gasteiger partial charge is 0.210 e. The summed E-state index contributed by atoms with van der Waals surface area (Å²) in [4.78, 5) is 0. The molecule has 0 aromatic carbocycles. The van der Waals surface area contributed by atoms with Crippen molar-refractivity contribution in [1.29, 1.82) is 0 Å². The number of rotatable bonds is 3. The molecule has 0 aliphatic heterocycles. The van der Waals surface area contributed by atoms with Gasteiger partial charge in [-0.2, -0.15) is 0 Å². The normalized spacial score (nSPS) is 35.2. The first kappa shape index (κ1) is 9.94. The fourth-order valence-corrected chi connectivity index (χ4v) is 2.35. The Morgan fingerprint density at radius 2 is 1.67 bits per heavy atom. The molecule has 0 spiro atoms. The molecule has 0 nitrogen and oxygen atoms in total. The Kier molecular flexibility index (Phi) is 2.46. The first-order valence-corrected chi connectivity index (χ1v) is 4.71. The highest BCUT2D eigenvalue weighted by Gasteiger charge is 2.62. The van der Waals surface area contributed by atoms with Crippen molar-refractivity contribution >= 4 is 0 Å². The van der Waals surface area contributed by atoms with Crippen molar-refractivity contribution in [2.24, 2.45) is 23.2 Å². The third-order valence-electron chi connectivity index (χ3n) is 3.39. The van der Waals surface area contributed by atoms with Crippen molar-refractivity contribution in [3.63, 3.8) is 0 Å². The molecule has 2 heteroatoms. The van der Waals surface area contributed by atoms with Crippen molar-refractivity contribution in [2.45, 2.75) is 40.5 Å². The number of hydrogen-bond donors (Lipinski definition) is 0. The van der Waals surface area contributed by atoms with Crippen LogP contribution in [0.1, 0.15) is 34.1 Å². The van der Waals surface area contributed by atoms with Gasteiger partial charge in [-0.25, -0.2) is 8.78 Å². The number of halogens is 2. The SMILES string of the molecule is CC(C)C1CC1(C(C)C)C(F)F. The van der Waals surface area contributed by atoms with Crippen LogP contribution in [0, 0.1) is 23.2 Å². The lowest BCUT2D eigenvalue weighted by molar-refractivity contribution is 0.0185. The Labute approximate surface area is 73.3 Å². The summed E-state index contributed by atoms with van der Waals surface area (Å²) in [5.74, 6) is 0.767. The van der Waals surface area contributed by atoms with Crippen molar-refractivity contribution in [2.75, 3.05) is 0 Å². The highest BCUT2D eigenvalue weighted by atomic mass is 19.3. The predicted molar refractivity (Wildman–Crippen MR) is 46.2 cm³/mol. The van der Waals surface area contributed by atoms with Crippen molar-refractivity contribution < 1.29 is 8.78 Å². The van der Waals surface area contributed by atoms with E-state index in [-0.39, 0.29) is 11.8 Å². The fourth-order valence-electron chi connectivity index (χ4n) is 2.35. The average Bonchev–Trinajstić information content (AvgIpc) is 2.60. The van der Waals surface area contributed by atoms with Gasteiger partial charge in [0, 0.05) is 5.41 Å². The standard InChI is InChI=1S/C10H18F2/c1-6(2)8-5-10(8,7(3)4)9(11)12/h6-9H,5H2,1-4H3. The second kappa shape index (κ2) is 2.97. The number of hydrogen-bond acceptors (Lipinski definition) is 0. The van der Waals surface area contributed by atoms with E-state index in [9.17, 15) is 8.78 Å². The molecule has 1 aliphatic carbocycles. The van der Waals surface area contributed by atoms with Crippen LogP contribution in [0.5, 0.6) is 0 Å². The molecule has 0 bridgehead atoms. The summed E-state index contributed by atoms with van der Waals surface area (Å²) in [6.45, 7) is 7.90. The molecule has 1 rings (SSSR count). The molecule has 12 heavy (non-hydrogen) atoms. The third kappa shape index (κ3) is 1.25. The van der Waals surface area contributed by atoms with Crippen molar-refractivity contribution in [3.8, 4) is 0 Å². The molecular weight excluding hydrogens is 158 g/mol. The Balaban J connectivity index is 2.69. The maximum absolute atomic E-state index is 12.7. The second-order valence-electron chi connectivity index (χ2n) is 4.62. The topological polar surface area (TPSA) is 0 Å². The molecular formula is C10H18F2. The third-order valence-corrected chi connectivity index (χ3v) is 3.39. The monoisotopic (exact) mass is 176 g/mol. The van der Waals surface area contributed by atoms with E-state index in [0.29, 0.717) is 5.92 Å². The zero-order chi connectivity index (χ0) is 9.52. The zero-order valence-electron chi connectivity index (χ0n) is 8.27. The van der Waals surface area contributed by atoms with E-state index in [0.717, 1.165) is 6.42 Å². The summed E-state index contributed by atoms with van der Waals surface area (Å²) in [6.07, 6.45) is -1.41. The molecule has 0 saturated heterocycles. The molecule has 0 aromatic heterocycles. The highest BCUT2D eigenvalue weighted by molar-refractivity contribution is 5.06. The van der Waals surface area contributed by atoms with Crippen LogP contribution < -0.4 is 0 Å². The minimum atomic E-state index is -2.13. The molecule has 2 unspecified atom stereocenters. The van der Waals surface area contributed by atoms with Crippen LogP contribution in [0.4, 0.5) is 8.78 Å². The van der Waals surface area contributed by atoms with Gasteiger partial charge < -0.3 is 0 Å². The van der Waals surface area contributed by atoms with E-state index in [1.54, 1.807) is 0 Å². The van der Waals surface area contributed by atoms with Crippen LogP contribution in [0.15, 0.2) is 0 Å². The van der Waals surface area contributed by atoms with Crippen LogP contribution >= 0.6 is 0 Å². The highest BCUT2D eigenvalue weighted by Crippen LogP contribution is 2.64. The lowest BCUT2D eigenvalue weighted by atomic mass is 9.87. The minimum absolute atomic E-state index is 0.116. The zero-order valence-corrected chi connectivity index (χ0v) is 8.27. The molecule has 72 valence electrons. The van der Waals surface area contributed by atoms with Crippen LogP contribution in [0.3, 0.4) is 0 Å². The summed E-state index contributed by atoms with van der Waals surface area (Å²) in [6, 6.07) is 0. The first-order chi connectivity index (χ1) is 5.43. The summed E-state index contributed by atoms with van der Waals surface area (Å²) >= 11 is 0. The Hall–Kier alpha value is -0.140. The van der Waals surface area contributed by atoms with Gasteiger partial charge in [0.25, 0.3) is 0 Å². The molecule has 1 fully saturated rings. The van der Waals surface area contributed by atoms with Gasteiger partial charge in [-0.15, -0.1) is 0 Å².